The van der Waals surface area contributed by atoms with E-state index in [-0.39, 0.29) is 6.10 Å². The normalized spacial score (nSPS) is 21.5. The van der Waals surface area contributed by atoms with Crippen molar-refractivity contribution in [2.75, 3.05) is 0 Å². The smallest absolute Gasteiger partial charge is 0.0732 e. The van der Waals surface area contributed by atoms with Gasteiger partial charge in [-0.15, -0.1) is 0 Å². The summed E-state index contributed by atoms with van der Waals surface area (Å²) in [6.45, 7) is 0. The van der Waals surface area contributed by atoms with Crippen LogP contribution in [0.5, 0.6) is 0 Å². The van der Waals surface area contributed by atoms with E-state index in [0.717, 1.165) is 18.4 Å². The van der Waals surface area contributed by atoms with Crippen LogP contribution in [-0.2, 0) is 0 Å². The zero-order chi connectivity index (χ0) is 9.80. The van der Waals surface area contributed by atoms with Gasteiger partial charge in [-0.05, 0) is 30.1 Å². The summed E-state index contributed by atoms with van der Waals surface area (Å²) in [5, 5.41) is 9.60. The molecular formula is C13H14O. The lowest BCUT2D eigenvalue weighted by Gasteiger charge is -2.04. The molecule has 0 heterocycles. The molecule has 0 saturated heterocycles. The molecule has 2 rings (SSSR count). The van der Waals surface area contributed by atoms with Crippen LogP contribution >= 0.6 is 0 Å². The predicted molar refractivity (Wildman–Crippen MR) is 58.8 cm³/mol. The number of hydrogen-bond acceptors (Lipinski definition) is 1. The zero-order valence-electron chi connectivity index (χ0n) is 8.06. The molecule has 1 heteroatoms. The van der Waals surface area contributed by atoms with E-state index < -0.39 is 0 Å². The summed E-state index contributed by atoms with van der Waals surface area (Å²) < 4.78 is 0. The average molecular weight is 186 g/mol. The Bertz CT molecular complexity index is 349. The molecular weight excluding hydrogens is 172 g/mol. The molecule has 0 unspecified atom stereocenters. The van der Waals surface area contributed by atoms with Crippen LogP contribution in [-0.4, -0.2) is 11.2 Å². The van der Waals surface area contributed by atoms with Gasteiger partial charge in [-0.1, -0.05) is 42.5 Å². The number of rotatable bonds is 1. The molecule has 1 aliphatic carbocycles. The topological polar surface area (TPSA) is 20.2 Å². The maximum Gasteiger partial charge on any atom is 0.0732 e. The molecule has 1 nitrogen and oxygen atoms in total. The molecule has 0 aromatic heterocycles. The van der Waals surface area contributed by atoms with Crippen molar-refractivity contribution in [1.29, 1.82) is 0 Å². The van der Waals surface area contributed by atoms with Crippen LogP contribution in [0.4, 0.5) is 0 Å². The third-order valence-electron chi connectivity index (χ3n) is 2.41. The van der Waals surface area contributed by atoms with E-state index in [4.69, 9.17) is 0 Å². The molecule has 1 atom stereocenters. The minimum atomic E-state index is -0.305. The Hall–Kier alpha value is -1.34. The van der Waals surface area contributed by atoms with E-state index in [0.29, 0.717) is 0 Å². The third kappa shape index (κ3) is 2.12. The van der Waals surface area contributed by atoms with Gasteiger partial charge in [0.2, 0.25) is 0 Å². The van der Waals surface area contributed by atoms with E-state index in [1.54, 1.807) is 0 Å². The summed E-state index contributed by atoms with van der Waals surface area (Å²) in [6, 6.07) is 10.2. The zero-order valence-corrected chi connectivity index (χ0v) is 8.06. The molecule has 1 aromatic carbocycles. The molecule has 0 radical (unpaired) electrons. The largest absolute Gasteiger partial charge is 0.389 e. The van der Waals surface area contributed by atoms with Crippen LogP contribution in [0.3, 0.4) is 0 Å². The van der Waals surface area contributed by atoms with E-state index in [1.807, 2.05) is 24.3 Å². The van der Waals surface area contributed by atoms with Gasteiger partial charge in [0.05, 0.1) is 6.10 Å². The maximum absolute atomic E-state index is 9.60. The Kier molecular flexibility index (Phi) is 2.80. The van der Waals surface area contributed by atoms with Crippen molar-refractivity contribution in [1.82, 2.24) is 0 Å². The van der Waals surface area contributed by atoms with Gasteiger partial charge in [-0.3, -0.25) is 0 Å². The Balaban J connectivity index is 2.32. The first-order valence-electron chi connectivity index (χ1n) is 4.98. The van der Waals surface area contributed by atoms with Crippen molar-refractivity contribution in [2.24, 2.45) is 0 Å². The number of aliphatic hydroxyl groups is 1. The molecule has 0 bridgehead atoms. The fourth-order valence-corrected chi connectivity index (χ4v) is 1.65. The first-order valence-corrected chi connectivity index (χ1v) is 4.98. The second kappa shape index (κ2) is 4.25. The van der Waals surface area contributed by atoms with Crippen molar-refractivity contribution in [3.8, 4) is 0 Å². The van der Waals surface area contributed by atoms with Crippen LogP contribution in [0.15, 0.2) is 48.6 Å². The lowest BCUT2D eigenvalue weighted by Crippen LogP contribution is -2.00. The van der Waals surface area contributed by atoms with Gasteiger partial charge in [-0.2, -0.15) is 0 Å². The predicted octanol–water partition coefficient (Wildman–Crippen LogP) is 2.78. The van der Waals surface area contributed by atoms with Crippen molar-refractivity contribution in [2.45, 2.75) is 18.9 Å². The molecule has 0 amide bonds. The first-order chi connectivity index (χ1) is 6.86. The molecule has 0 fully saturated rings. The fraction of sp³-hybridized carbons (Fsp3) is 0.231. The van der Waals surface area contributed by atoms with E-state index in [1.165, 1.54) is 5.56 Å². The number of hydrogen-bond donors (Lipinski definition) is 1. The molecule has 72 valence electrons. The minimum Gasteiger partial charge on any atom is -0.389 e. The van der Waals surface area contributed by atoms with Crippen LogP contribution in [0, 0.1) is 0 Å². The maximum atomic E-state index is 9.60. The van der Waals surface area contributed by atoms with Crippen LogP contribution < -0.4 is 0 Å². The summed E-state index contributed by atoms with van der Waals surface area (Å²) in [7, 11) is 0. The first kappa shape index (κ1) is 9.22. The molecule has 0 aliphatic heterocycles. The summed E-state index contributed by atoms with van der Waals surface area (Å²) >= 11 is 0. The molecule has 1 aromatic rings. The van der Waals surface area contributed by atoms with Crippen LogP contribution in [0.2, 0.25) is 0 Å². The van der Waals surface area contributed by atoms with Crippen molar-refractivity contribution in [3.05, 3.63) is 54.1 Å². The minimum absolute atomic E-state index is 0.305. The summed E-state index contributed by atoms with van der Waals surface area (Å²) in [6.07, 6.45) is 7.61. The lowest BCUT2D eigenvalue weighted by molar-refractivity contribution is 0.215. The SMILES string of the molecule is O[C@@H]1C=C(c2ccccc2)C=CCC1. The Morgan fingerprint density at radius 1 is 1.14 bits per heavy atom. The highest BCUT2D eigenvalue weighted by molar-refractivity contribution is 5.74. The van der Waals surface area contributed by atoms with Gasteiger partial charge >= 0.3 is 0 Å². The molecule has 1 aliphatic rings. The van der Waals surface area contributed by atoms with Crippen molar-refractivity contribution >= 4 is 5.57 Å². The second-order valence-corrected chi connectivity index (χ2v) is 3.54. The van der Waals surface area contributed by atoms with Crippen LogP contribution in [0.1, 0.15) is 18.4 Å². The average Bonchev–Trinajstić information content (AvgIpc) is 2.44. The summed E-state index contributed by atoms with van der Waals surface area (Å²) in [5.74, 6) is 0. The van der Waals surface area contributed by atoms with Gasteiger partial charge < -0.3 is 5.11 Å². The standard InChI is InChI=1S/C13H14O/c14-13-9-5-4-8-12(10-13)11-6-2-1-3-7-11/h1-4,6-8,10,13-14H,5,9H2/t13-/m0/s1. The number of benzene rings is 1. The van der Waals surface area contributed by atoms with Crippen molar-refractivity contribution in [3.63, 3.8) is 0 Å². The molecule has 14 heavy (non-hydrogen) atoms. The summed E-state index contributed by atoms with van der Waals surface area (Å²) in [5.41, 5.74) is 2.29. The Labute approximate surface area is 84.4 Å². The van der Waals surface area contributed by atoms with E-state index in [9.17, 15) is 5.11 Å². The molecule has 1 N–H and O–H groups in total. The number of allylic oxidation sites excluding steroid dienone is 3. The van der Waals surface area contributed by atoms with Gasteiger partial charge in [0, 0.05) is 0 Å². The summed E-state index contributed by atoms with van der Waals surface area (Å²) in [4.78, 5) is 0. The highest BCUT2D eigenvalue weighted by atomic mass is 16.3. The quantitative estimate of drug-likeness (QED) is 0.715. The van der Waals surface area contributed by atoms with Crippen LogP contribution in [0.25, 0.3) is 5.57 Å². The van der Waals surface area contributed by atoms with Gasteiger partial charge in [0.15, 0.2) is 0 Å². The number of aliphatic hydroxyl groups excluding tert-OH is 1. The lowest BCUT2D eigenvalue weighted by atomic mass is 10.0. The third-order valence-corrected chi connectivity index (χ3v) is 2.41. The van der Waals surface area contributed by atoms with Gasteiger partial charge in [0.1, 0.15) is 0 Å². The molecule has 0 spiro atoms. The van der Waals surface area contributed by atoms with E-state index >= 15 is 0 Å². The fourth-order valence-electron chi connectivity index (χ4n) is 1.65. The van der Waals surface area contributed by atoms with E-state index in [2.05, 4.69) is 24.3 Å². The van der Waals surface area contributed by atoms with Gasteiger partial charge in [0.25, 0.3) is 0 Å². The second-order valence-electron chi connectivity index (χ2n) is 3.54. The monoisotopic (exact) mass is 186 g/mol. The molecule has 0 saturated carbocycles. The van der Waals surface area contributed by atoms with Crippen molar-refractivity contribution < 1.29 is 5.11 Å². The Morgan fingerprint density at radius 3 is 2.71 bits per heavy atom. The Morgan fingerprint density at radius 2 is 1.93 bits per heavy atom. The van der Waals surface area contributed by atoms with Gasteiger partial charge in [-0.25, -0.2) is 0 Å². The highest BCUT2D eigenvalue weighted by Gasteiger charge is 2.05. The highest BCUT2D eigenvalue weighted by Crippen LogP contribution is 2.20.